The number of hydrogen-bond donors (Lipinski definition) is 2. The van der Waals surface area contributed by atoms with Crippen LogP contribution < -0.4 is 15.4 Å². The van der Waals surface area contributed by atoms with E-state index in [-0.39, 0.29) is 17.7 Å². The van der Waals surface area contributed by atoms with Crippen molar-refractivity contribution in [2.24, 2.45) is 13.0 Å². The SMILES string of the molecule is COc1ccccc1CCNC(=O)c1cc(NC(=O)C2CCCC2)n(C)n1. The van der Waals surface area contributed by atoms with Crippen LogP contribution in [0.5, 0.6) is 5.75 Å². The number of hydrogen-bond acceptors (Lipinski definition) is 4. The maximum atomic E-state index is 12.4. The molecule has 1 aliphatic rings. The summed E-state index contributed by atoms with van der Waals surface area (Å²) in [6, 6.07) is 9.34. The van der Waals surface area contributed by atoms with Gasteiger partial charge in [-0.05, 0) is 30.9 Å². The molecule has 1 heterocycles. The molecule has 1 aliphatic carbocycles. The Balaban J connectivity index is 1.55. The zero-order valence-corrected chi connectivity index (χ0v) is 15.8. The van der Waals surface area contributed by atoms with Crippen LogP contribution in [-0.4, -0.2) is 35.2 Å². The van der Waals surface area contributed by atoms with Crippen LogP contribution in [-0.2, 0) is 18.3 Å². The average molecular weight is 370 g/mol. The molecule has 7 nitrogen and oxygen atoms in total. The number of nitrogens with zero attached hydrogens (tertiary/aromatic N) is 2. The Labute approximate surface area is 159 Å². The number of aryl methyl sites for hydroxylation is 1. The van der Waals surface area contributed by atoms with Crippen LogP contribution in [0.4, 0.5) is 5.82 Å². The number of ether oxygens (including phenoxy) is 1. The Morgan fingerprint density at radius 1 is 1.26 bits per heavy atom. The van der Waals surface area contributed by atoms with Crippen molar-refractivity contribution in [1.29, 1.82) is 0 Å². The second-order valence-corrected chi connectivity index (χ2v) is 6.83. The number of para-hydroxylation sites is 1. The van der Waals surface area contributed by atoms with Gasteiger partial charge in [0.25, 0.3) is 5.91 Å². The van der Waals surface area contributed by atoms with E-state index in [1.165, 1.54) is 4.68 Å². The zero-order valence-electron chi connectivity index (χ0n) is 15.8. The molecule has 1 aromatic heterocycles. The predicted octanol–water partition coefficient (Wildman–Crippen LogP) is 2.53. The van der Waals surface area contributed by atoms with Crippen molar-refractivity contribution in [3.63, 3.8) is 0 Å². The lowest BCUT2D eigenvalue weighted by Gasteiger charge is -2.09. The van der Waals surface area contributed by atoms with E-state index in [1.54, 1.807) is 20.2 Å². The first-order valence-corrected chi connectivity index (χ1v) is 9.33. The summed E-state index contributed by atoms with van der Waals surface area (Å²) in [6.45, 7) is 0.472. The largest absolute Gasteiger partial charge is 0.496 e. The molecule has 144 valence electrons. The minimum Gasteiger partial charge on any atom is -0.496 e. The van der Waals surface area contributed by atoms with Crippen molar-refractivity contribution in [3.05, 3.63) is 41.6 Å². The Kier molecular flexibility index (Phi) is 6.11. The monoisotopic (exact) mass is 370 g/mol. The van der Waals surface area contributed by atoms with E-state index >= 15 is 0 Å². The lowest BCUT2D eigenvalue weighted by Crippen LogP contribution is -2.26. The first kappa shape index (κ1) is 18.9. The molecule has 1 fully saturated rings. The van der Waals surface area contributed by atoms with Crippen LogP contribution in [0.1, 0.15) is 41.7 Å². The standard InChI is InChI=1S/C20H26N4O3/c1-24-18(22-19(25)15-8-3-4-9-15)13-16(23-24)20(26)21-12-11-14-7-5-6-10-17(14)27-2/h5-7,10,13,15H,3-4,8-9,11-12H2,1-2H3,(H,21,26)(H,22,25). The normalized spacial score (nSPS) is 14.1. The molecule has 0 saturated heterocycles. The molecule has 0 bridgehead atoms. The number of carbonyl (C=O) groups excluding carboxylic acids is 2. The van der Waals surface area contributed by atoms with E-state index in [1.807, 2.05) is 24.3 Å². The molecule has 0 spiro atoms. The van der Waals surface area contributed by atoms with Crippen LogP contribution >= 0.6 is 0 Å². The van der Waals surface area contributed by atoms with Crippen molar-refractivity contribution in [2.75, 3.05) is 19.0 Å². The lowest BCUT2D eigenvalue weighted by atomic mass is 10.1. The number of methoxy groups -OCH3 is 1. The molecule has 27 heavy (non-hydrogen) atoms. The third kappa shape index (κ3) is 4.67. The van der Waals surface area contributed by atoms with E-state index in [9.17, 15) is 9.59 Å². The smallest absolute Gasteiger partial charge is 0.271 e. The molecule has 0 radical (unpaired) electrons. The quantitative estimate of drug-likeness (QED) is 0.784. The zero-order chi connectivity index (χ0) is 19.2. The number of rotatable bonds is 7. The Hall–Kier alpha value is -2.83. The highest BCUT2D eigenvalue weighted by Crippen LogP contribution is 2.26. The van der Waals surface area contributed by atoms with Gasteiger partial charge in [0.1, 0.15) is 11.6 Å². The first-order valence-electron chi connectivity index (χ1n) is 9.33. The summed E-state index contributed by atoms with van der Waals surface area (Å²) >= 11 is 0. The topological polar surface area (TPSA) is 85.3 Å². The number of anilines is 1. The summed E-state index contributed by atoms with van der Waals surface area (Å²) in [4.78, 5) is 24.6. The van der Waals surface area contributed by atoms with Gasteiger partial charge < -0.3 is 15.4 Å². The fraction of sp³-hybridized carbons (Fsp3) is 0.450. The van der Waals surface area contributed by atoms with Gasteiger partial charge in [0.2, 0.25) is 5.91 Å². The van der Waals surface area contributed by atoms with Crippen molar-refractivity contribution in [2.45, 2.75) is 32.1 Å². The fourth-order valence-electron chi connectivity index (χ4n) is 3.42. The summed E-state index contributed by atoms with van der Waals surface area (Å²) in [5.74, 6) is 1.17. The van der Waals surface area contributed by atoms with Gasteiger partial charge in [-0.1, -0.05) is 31.0 Å². The second kappa shape index (κ2) is 8.70. The minimum atomic E-state index is -0.262. The third-order valence-corrected chi connectivity index (χ3v) is 4.96. The third-order valence-electron chi connectivity index (χ3n) is 4.96. The number of amides is 2. The van der Waals surface area contributed by atoms with Crippen LogP contribution in [0.3, 0.4) is 0 Å². The number of aromatic nitrogens is 2. The molecule has 7 heteroatoms. The van der Waals surface area contributed by atoms with Gasteiger partial charge in [0.05, 0.1) is 7.11 Å². The number of carbonyl (C=O) groups is 2. The Morgan fingerprint density at radius 2 is 2.00 bits per heavy atom. The summed E-state index contributed by atoms with van der Waals surface area (Å²) in [5, 5.41) is 9.97. The number of benzene rings is 1. The molecule has 2 N–H and O–H groups in total. The van der Waals surface area contributed by atoms with Crippen molar-refractivity contribution >= 4 is 17.6 Å². The van der Waals surface area contributed by atoms with Crippen LogP contribution in [0.15, 0.2) is 30.3 Å². The molecule has 2 amide bonds. The van der Waals surface area contributed by atoms with E-state index in [0.717, 1.165) is 37.0 Å². The Bertz CT molecular complexity index is 809. The summed E-state index contributed by atoms with van der Waals surface area (Å²) in [7, 11) is 3.35. The lowest BCUT2D eigenvalue weighted by molar-refractivity contribution is -0.119. The molecule has 0 unspecified atom stereocenters. The Morgan fingerprint density at radius 3 is 2.74 bits per heavy atom. The van der Waals surface area contributed by atoms with E-state index in [4.69, 9.17) is 4.74 Å². The maximum Gasteiger partial charge on any atom is 0.271 e. The molecule has 1 saturated carbocycles. The van der Waals surface area contributed by atoms with Gasteiger partial charge in [0.15, 0.2) is 5.69 Å². The van der Waals surface area contributed by atoms with Gasteiger partial charge >= 0.3 is 0 Å². The van der Waals surface area contributed by atoms with Crippen molar-refractivity contribution < 1.29 is 14.3 Å². The van der Waals surface area contributed by atoms with Gasteiger partial charge in [-0.25, -0.2) is 0 Å². The average Bonchev–Trinajstić information content (AvgIpc) is 3.32. The van der Waals surface area contributed by atoms with Gasteiger partial charge in [-0.15, -0.1) is 0 Å². The minimum absolute atomic E-state index is 0.0126. The van der Waals surface area contributed by atoms with Crippen molar-refractivity contribution in [3.8, 4) is 5.75 Å². The summed E-state index contributed by atoms with van der Waals surface area (Å²) in [6.07, 6.45) is 4.72. The van der Waals surface area contributed by atoms with E-state index in [2.05, 4.69) is 15.7 Å². The van der Waals surface area contributed by atoms with E-state index in [0.29, 0.717) is 24.5 Å². The van der Waals surface area contributed by atoms with Crippen LogP contribution in [0.2, 0.25) is 0 Å². The summed E-state index contributed by atoms with van der Waals surface area (Å²) in [5.41, 5.74) is 1.32. The molecule has 0 aliphatic heterocycles. The van der Waals surface area contributed by atoms with Gasteiger partial charge in [-0.3, -0.25) is 14.3 Å². The number of nitrogens with one attached hydrogen (secondary N) is 2. The van der Waals surface area contributed by atoms with E-state index < -0.39 is 0 Å². The molecular weight excluding hydrogens is 344 g/mol. The first-order chi connectivity index (χ1) is 13.1. The predicted molar refractivity (Wildman–Crippen MR) is 103 cm³/mol. The highest BCUT2D eigenvalue weighted by molar-refractivity contribution is 5.96. The van der Waals surface area contributed by atoms with Gasteiger partial charge in [-0.2, -0.15) is 5.10 Å². The van der Waals surface area contributed by atoms with Crippen LogP contribution in [0.25, 0.3) is 0 Å². The molecule has 2 aromatic rings. The molecule has 1 aromatic carbocycles. The highest BCUT2D eigenvalue weighted by atomic mass is 16.5. The fourth-order valence-corrected chi connectivity index (χ4v) is 3.42. The summed E-state index contributed by atoms with van der Waals surface area (Å²) < 4.78 is 6.85. The van der Waals surface area contributed by atoms with Crippen molar-refractivity contribution in [1.82, 2.24) is 15.1 Å². The molecule has 0 atom stereocenters. The molecular formula is C20H26N4O3. The molecule has 3 rings (SSSR count). The van der Waals surface area contributed by atoms with Crippen LogP contribution in [0, 0.1) is 5.92 Å². The van der Waals surface area contributed by atoms with Gasteiger partial charge in [0, 0.05) is 25.6 Å². The highest BCUT2D eigenvalue weighted by Gasteiger charge is 2.24. The maximum absolute atomic E-state index is 12.4. The second-order valence-electron chi connectivity index (χ2n) is 6.83.